The first-order valence-corrected chi connectivity index (χ1v) is 7.71. The van der Waals surface area contributed by atoms with E-state index in [0.29, 0.717) is 0 Å². The third-order valence-electron chi connectivity index (χ3n) is 4.89. The van der Waals surface area contributed by atoms with Crippen molar-refractivity contribution in [3.05, 3.63) is 42.0 Å². The summed E-state index contributed by atoms with van der Waals surface area (Å²) in [5.74, 6) is 0. The van der Waals surface area contributed by atoms with Crippen molar-refractivity contribution in [2.45, 2.75) is 46.0 Å². The molecule has 0 aromatic heterocycles. The van der Waals surface area contributed by atoms with Crippen LogP contribution in [-0.2, 0) is 5.41 Å². The highest BCUT2D eigenvalue weighted by molar-refractivity contribution is 6.01. The van der Waals surface area contributed by atoms with Crippen molar-refractivity contribution in [1.82, 2.24) is 0 Å². The van der Waals surface area contributed by atoms with Crippen LogP contribution in [-0.4, -0.2) is 16.8 Å². The molecule has 0 unspecified atom stereocenters. The van der Waals surface area contributed by atoms with Gasteiger partial charge in [0.2, 0.25) is 5.69 Å². The van der Waals surface area contributed by atoms with E-state index in [9.17, 15) is 0 Å². The standard InChI is InChI=1S/C19H24N/c1-5-6-13-20-14(2)19(3,4)17-12-11-15-9-7-8-10-16(15)18(17)20/h7-12H,5-6,13H2,1-4H3/q+1. The molecule has 1 heteroatoms. The van der Waals surface area contributed by atoms with Gasteiger partial charge in [-0.15, -0.1) is 0 Å². The molecule has 0 N–H and O–H groups in total. The Balaban J connectivity index is 2.29. The van der Waals surface area contributed by atoms with Crippen molar-refractivity contribution < 1.29 is 4.58 Å². The molecule has 20 heavy (non-hydrogen) atoms. The summed E-state index contributed by atoms with van der Waals surface area (Å²) in [4.78, 5) is 0. The van der Waals surface area contributed by atoms with Gasteiger partial charge in [-0.2, -0.15) is 4.58 Å². The molecule has 1 heterocycles. The second-order valence-corrected chi connectivity index (χ2v) is 6.40. The monoisotopic (exact) mass is 266 g/mol. The zero-order chi connectivity index (χ0) is 14.3. The first-order valence-electron chi connectivity index (χ1n) is 7.71. The smallest absolute Gasteiger partial charge is 0.199 e. The van der Waals surface area contributed by atoms with Crippen molar-refractivity contribution in [2.24, 2.45) is 0 Å². The second kappa shape index (κ2) is 4.73. The van der Waals surface area contributed by atoms with Gasteiger partial charge in [0.25, 0.3) is 0 Å². The molecule has 1 aliphatic heterocycles. The van der Waals surface area contributed by atoms with Crippen LogP contribution in [0.2, 0.25) is 0 Å². The van der Waals surface area contributed by atoms with Crippen molar-refractivity contribution >= 4 is 22.2 Å². The Morgan fingerprint density at radius 3 is 2.55 bits per heavy atom. The molecule has 104 valence electrons. The lowest BCUT2D eigenvalue weighted by Crippen LogP contribution is -2.26. The molecule has 0 spiro atoms. The maximum absolute atomic E-state index is 2.56. The average Bonchev–Trinajstić information content (AvgIpc) is 2.65. The maximum Gasteiger partial charge on any atom is 0.217 e. The Morgan fingerprint density at radius 2 is 1.80 bits per heavy atom. The summed E-state index contributed by atoms with van der Waals surface area (Å²) in [6.45, 7) is 10.4. The Kier molecular flexibility index (Phi) is 3.16. The molecule has 0 amide bonds. The SMILES string of the molecule is CCCC[N+]1=C(C)C(C)(C)c2ccc3ccccc3c21. The lowest BCUT2D eigenvalue weighted by molar-refractivity contribution is -0.438. The van der Waals surface area contributed by atoms with Crippen LogP contribution in [0.3, 0.4) is 0 Å². The minimum atomic E-state index is 0.146. The first kappa shape index (κ1) is 13.4. The lowest BCUT2D eigenvalue weighted by atomic mass is 9.81. The van der Waals surface area contributed by atoms with E-state index in [1.165, 1.54) is 40.6 Å². The molecule has 0 saturated carbocycles. The molecule has 0 bridgehead atoms. The van der Waals surface area contributed by atoms with Gasteiger partial charge >= 0.3 is 0 Å². The number of fused-ring (bicyclic) bond motifs is 3. The molecule has 0 aliphatic carbocycles. The van der Waals surface area contributed by atoms with E-state index < -0.39 is 0 Å². The Hall–Kier alpha value is -1.63. The number of benzene rings is 2. The third-order valence-corrected chi connectivity index (χ3v) is 4.89. The largest absolute Gasteiger partial charge is 0.217 e. The van der Waals surface area contributed by atoms with Crippen LogP contribution in [0.5, 0.6) is 0 Å². The molecular weight excluding hydrogens is 242 g/mol. The normalized spacial score (nSPS) is 16.8. The molecule has 0 radical (unpaired) electrons. The molecule has 1 aliphatic rings. The van der Waals surface area contributed by atoms with Gasteiger partial charge in [-0.3, -0.25) is 0 Å². The number of hydrogen-bond acceptors (Lipinski definition) is 0. The molecule has 0 saturated heterocycles. The lowest BCUT2D eigenvalue weighted by Gasteiger charge is -2.15. The number of rotatable bonds is 3. The van der Waals surface area contributed by atoms with Crippen molar-refractivity contribution in [3.63, 3.8) is 0 Å². The van der Waals surface area contributed by atoms with Gasteiger partial charge < -0.3 is 0 Å². The Labute approximate surface area is 121 Å². The molecule has 0 atom stereocenters. The molecule has 1 nitrogen and oxygen atoms in total. The van der Waals surface area contributed by atoms with Crippen molar-refractivity contribution in [1.29, 1.82) is 0 Å². The van der Waals surface area contributed by atoms with Crippen LogP contribution in [0.1, 0.15) is 46.1 Å². The average molecular weight is 266 g/mol. The topological polar surface area (TPSA) is 3.01 Å². The van der Waals surface area contributed by atoms with E-state index in [-0.39, 0.29) is 5.41 Å². The van der Waals surface area contributed by atoms with Crippen LogP contribution in [0, 0.1) is 0 Å². The minimum Gasteiger partial charge on any atom is -0.199 e. The van der Waals surface area contributed by atoms with Gasteiger partial charge in [0.1, 0.15) is 6.54 Å². The quantitative estimate of drug-likeness (QED) is 0.685. The number of unbranched alkanes of at least 4 members (excludes halogenated alkanes) is 1. The predicted molar refractivity (Wildman–Crippen MR) is 87.4 cm³/mol. The van der Waals surface area contributed by atoms with E-state index in [2.05, 4.69) is 68.7 Å². The Bertz CT molecular complexity index is 692. The summed E-state index contributed by atoms with van der Waals surface area (Å²) >= 11 is 0. The van der Waals surface area contributed by atoms with Crippen LogP contribution in [0.15, 0.2) is 36.4 Å². The molecule has 2 aromatic rings. The van der Waals surface area contributed by atoms with Crippen LogP contribution < -0.4 is 0 Å². The van der Waals surface area contributed by atoms with Gasteiger partial charge in [-0.1, -0.05) is 43.7 Å². The van der Waals surface area contributed by atoms with E-state index in [1.54, 1.807) is 0 Å². The van der Waals surface area contributed by atoms with E-state index in [0.717, 1.165) is 6.54 Å². The number of hydrogen-bond donors (Lipinski definition) is 0. The van der Waals surface area contributed by atoms with Gasteiger partial charge in [-0.25, -0.2) is 0 Å². The molecule has 2 aromatic carbocycles. The Morgan fingerprint density at radius 1 is 1.05 bits per heavy atom. The van der Waals surface area contributed by atoms with Crippen molar-refractivity contribution in [3.8, 4) is 0 Å². The van der Waals surface area contributed by atoms with Crippen molar-refractivity contribution in [2.75, 3.05) is 6.54 Å². The summed E-state index contributed by atoms with van der Waals surface area (Å²) in [5, 5.41) is 2.74. The zero-order valence-electron chi connectivity index (χ0n) is 13.0. The van der Waals surface area contributed by atoms with E-state index in [4.69, 9.17) is 0 Å². The zero-order valence-corrected chi connectivity index (χ0v) is 13.0. The molecule has 3 rings (SSSR count). The maximum atomic E-state index is 2.56. The summed E-state index contributed by atoms with van der Waals surface area (Å²) < 4.78 is 2.56. The molecular formula is C19H24N+. The highest BCUT2D eigenvalue weighted by Crippen LogP contribution is 2.43. The summed E-state index contributed by atoms with van der Waals surface area (Å²) in [5.41, 5.74) is 4.55. The summed E-state index contributed by atoms with van der Waals surface area (Å²) in [6.07, 6.45) is 2.49. The minimum absolute atomic E-state index is 0.146. The summed E-state index contributed by atoms with van der Waals surface area (Å²) in [7, 11) is 0. The van der Waals surface area contributed by atoms with E-state index >= 15 is 0 Å². The highest BCUT2D eigenvalue weighted by Gasteiger charge is 2.43. The predicted octanol–water partition coefficient (Wildman–Crippen LogP) is 5.04. The molecule has 0 fully saturated rings. The summed E-state index contributed by atoms with van der Waals surface area (Å²) in [6, 6.07) is 13.4. The van der Waals surface area contributed by atoms with Gasteiger partial charge in [0.05, 0.1) is 10.8 Å². The third kappa shape index (κ3) is 1.80. The number of nitrogens with zero attached hydrogens (tertiary/aromatic N) is 1. The van der Waals surface area contributed by atoms with Crippen LogP contribution in [0.4, 0.5) is 5.69 Å². The fraction of sp³-hybridized carbons (Fsp3) is 0.421. The fourth-order valence-corrected chi connectivity index (χ4v) is 3.35. The first-order chi connectivity index (χ1) is 9.57. The van der Waals surface area contributed by atoms with Crippen LogP contribution >= 0.6 is 0 Å². The van der Waals surface area contributed by atoms with Gasteiger partial charge in [0, 0.05) is 18.9 Å². The van der Waals surface area contributed by atoms with Gasteiger partial charge in [0.15, 0.2) is 5.71 Å². The van der Waals surface area contributed by atoms with Gasteiger partial charge in [-0.05, 0) is 25.3 Å². The van der Waals surface area contributed by atoms with Crippen LogP contribution in [0.25, 0.3) is 10.8 Å². The second-order valence-electron chi connectivity index (χ2n) is 6.40. The highest BCUT2D eigenvalue weighted by atomic mass is 15.1. The van der Waals surface area contributed by atoms with E-state index in [1.807, 2.05) is 0 Å². The fourth-order valence-electron chi connectivity index (χ4n) is 3.35.